The molecule has 2 aromatic heterocycles. The van der Waals surface area contributed by atoms with Crippen molar-refractivity contribution in [2.24, 2.45) is 0 Å². The molecule has 0 fully saturated rings. The molecule has 0 aliphatic heterocycles. The van der Waals surface area contributed by atoms with Gasteiger partial charge in [0.25, 0.3) is 0 Å². The van der Waals surface area contributed by atoms with E-state index in [0.29, 0.717) is 17.9 Å². The standard InChI is InChI=1S/C18H14FN5S/c1-12-5-7-13(8-6-12)18-20-16(11-25-18)10-24-22-17(21-23-24)14-3-2-4-15(19)9-14/h2-9,11H,10H2,1H3. The summed E-state index contributed by atoms with van der Waals surface area (Å²) in [6, 6.07) is 14.4. The summed E-state index contributed by atoms with van der Waals surface area (Å²) in [6.45, 7) is 2.48. The molecule has 0 saturated heterocycles. The fourth-order valence-corrected chi connectivity index (χ4v) is 3.22. The van der Waals surface area contributed by atoms with Crippen molar-refractivity contribution in [3.8, 4) is 22.0 Å². The number of halogens is 1. The predicted molar refractivity (Wildman–Crippen MR) is 94.6 cm³/mol. The Hall–Kier alpha value is -2.93. The molecule has 124 valence electrons. The van der Waals surface area contributed by atoms with Gasteiger partial charge in [-0.15, -0.1) is 21.5 Å². The number of tetrazole rings is 1. The highest BCUT2D eigenvalue weighted by Gasteiger charge is 2.10. The molecule has 0 spiro atoms. The number of aromatic nitrogens is 5. The number of benzene rings is 2. The Bertz CT molecular complexity index is 1010. The number of hydrogen-bond acceptors (Lipinski definition) is 5. The van der Waals surface area contributed by atoms with Crippen molar-refractivity contribution in [1.29, 1.82) is 0 Å². The van der Waals surface area contributed by atoms with Crippen LogP contribution >= 0.6 is 11.3 Å². The highest BCUT2D eigenvalue weighted by Crippen LogP contribution is 2.24. The Kier molecular flexibility index (Phi) is 4.07. The molecule has 7 heteroatoms. The molecular weight excluding hydrogens is 337 g/mol. The average Bonchev–Trinajstić information content (AvgIpc) is 3.26. The Balaban J connectivity index is 1.52. The van der Waals surface area contributed by atoms with E-state index in [4.69, 9.17) is 0 Å². The van der Waals surface area contributed by atoms with Crippen LogP contribution in [0.5, 0.6) is 0 Å². The Labute approximate surface area is 147 Å². The van der Waals surface area contributed by atoms with E-state index in [2.05, 4.69) is 51.6 Å². The summed E-state index contributed by atoms with van der Waals surface area (Å²) in [5, 5.41) is 15.3. The summed E-state index contributed by atoms with van der Waals surface area (Å²) < 4.78 is 13.3. The van der Waals surface area contributed by atoms with Gasteiger partial charge in [-0.25, -0.2) is 9.37 Å². The molecule has 0 aliphatic carbocycles. The van der Waals surface area contributed by atoms with Crippen molar-refractivity contribution < 1.29 is 4.39 Å². The maximum atomic E-state index is 13.3. The van der Waals surface area contributed by atoms with Gasteiger partial charge < -0.3 is 0 Å². The van der Waals surface area contributed by atoms with Crippen LogP contribution in [0.1, 0.15) is 11.3 Å². The lowest BCUT2D eigenvalue weighted by molar-refractivity contribution is 0.566. The van der Waals surface area contributed by atoms with Crippen LogP contribution in [-0.2, 0) is 6.54 Å². The second-order valence-corrected chi connectivity index (χ2v) is 6.52. The van der Waals surface area contributed by atoms with Crippen LogP contribution in [0.15, 0.2) is 53.9 Å². The molecule has 2 heterocycles. The highest BCUT2D eigenvalue weighted by molar-refractivity contribution is 7.13. The molecule has 0 amide bonds. The summed E-state index contributed by atoms with van der Waals surface area (Å²) in [5.74, 6) is 0.0737. The summed E-state index contributed by atoms with van der Waals surface area (Å²) in [6.07, 6.45) is 0. The van der Waals surface area contributed by atoms with E-state index >= 15 is 0 Å². The van der Waals surface area contributed by atoms with Crippen LogP contribution in [0.2, 0.25) is 0 Å². The van der Waals surface area contributed by atoms with E-state index in [1.807, 2.05) is 5.38 Å². The zero-order valence-electron chi connectivity index (χ0n) is 13.4. The van der Waals surface area contributed by atoms with Crippen LogP contribution in [0.25, 0.3) is 22.0 Å². The molecule has 0 atom stereocenters. The van der Waals surface area contributed by atoms with Crippen molar-refractivity contribution in [1.82, 2.24) is 25.2 Å². The zero-order chi connectivity index (χ0) is 17.2. The first kappa shape index (κ1) is 15.6. The largest absolute Gasteiger partial charge is 0.239 e. The van der Waals surface area contributed by atoms with Crippen LogP contribution in [0.4, 0.5) is 4.39 Å². The Morgan fingerprint density at radius 2 is 1.92 bits per heavy atom. The van der Waals surface area contributed by atoms with Crippen LogP contribution in [-0.4, -0.2) is 25.2 Å². The van der Waals surface area contributed by atoms with E-state index < -0.39 is 0 Å². The van der Waals surface area contributed by atoms with Crippen molar-refractivity contribution in [3.05, 3.63) is 71.0 Å². The quantitative estimate of drug-likeness (QED) is 0.558. The molecule has 0 unspecified atom stereocenters. The summed E-state index contributed by atoms with van der Waals surface area (Å²) >= 11 is 1.58. The van der Waals surface area contributed by atoms with Crippen LogP contribution in [0, 0.1) is 12.7 Å². The molecule has 0 saturated carbocycles. The first-order valence-electron chi connectivity index (χ1n) is 7.72. The van der Waals surface area contributed by atoms with Crippen molar-refractivity contribution in [3.63, 3.8) is 0 Å². The zero-order valence-corrected chi connectivity index (χ0v) is 14.2. The van der Waals surface area contributed by atoms with Gasteiger partial charge in [-0.2, -0.15) is 4.80 Å². The predicted octanol–water partition coefficient (Wildman–Crippen LogP) is 3.96. The number of rotatable bonds is 4. The van der Waals surface area contributed by atoms with Crippen molar-refractivity contribution >= 4 is 11.3 Å². The third-order valence-electron chi connectivity index (χ3n) is 3.69. The third kappa shape index (κ3) is 3.46. The maximum absolute atomic E-state index is 13.3. The van der Waals surface area contributed by atoms with Gasteiger partial charge in [0.15, 0.2) is 0 Å². The van der Waals surface area contributed by atoms with Gasteiger partial charge in [0.2, 0.25) is 5.82 Å². The first-order valence-corrected chi connectivity index (χ1v) is 8.60. The molecule has 4 rings (SSSR count). The molecular formula is C18H14FN5S. The van der Waals surface area contributed by atoms with Gasteiger partial charge in [0.05, 0.1) is 5.69 Å². The van der Waals surface area contributed by atoms with E-state index in [-0.39, 0.29) is 5.82 Å². The highest BCUT2D eigenvalue weighted by atomic mass is 32.1. The molecule has 0 radical (unpaired) electrons. The molecule has 25 heavy (non-hydrogen) atoms. The minimum Gasteiger partial charge on any atom is -0.239 e. The van der Waals surface area contributed by atoms with Crippen LogP contribution in [0.3, 0.4) is 0 Å². The van der Waals surface area contributed by atoms with Crippen molar-refractivity contribution in [2.45, 2.75) is 13.5 Å². The summed E-state index contributed by atoms with van der Waals surface area (Å²) in [5.41, 5.74) is 3.78. The lowest BCUT2D eigenvalue weighted by Gasteiger charge is -1.97. The number of thiazole rings is 1. The summed E-state index contributed by atoms with van der Waals surface area (Å²) in [4.78, 5) is 6.10. The van der Waals surface area contributed by atoms with Gasteiger partial charge >= 0.3 is 0 Å². The Morgan fingerprint density at radius 1 is 1.08 bits per heavy atom. The third-order valence-corrected chi connectivity index (χ3v) is 4.63. The molecule has 2 aromatic carbocycles. The minimum atomic E-state index is -0.323. The second kappa shape index (κ2) is 6.52. The monoisotopic (exact) mass is 351 g/mol. The first-order chi connectivity index (χ1) is 12.2. The molecule has 0 bridgehead atoms. The van der Waals surface area contributed by atoms with Gasteiger partial charge in [-0.3, -0.25) is 0 Å². The molecule has 4 aromatic rings. The Morgan fingerprint density at radius 3 is 2.72 bits per heavy atom. The van der Waals surface area contributed by atoms with E-state index in [1.54, 1.807) is 23.5 Å². The number of hydrogen-bond donors (Lipinski definition) is 0. The smallest absolute Gasteiger partial charge is 0.205 e. The number of nitrogens with zero attached hydrogens (tertiary/aromatic N) is 5. The maximum Gasteiger partial charge on any atom is 0.205 e. The fourth-order valence-electron chi connectivity index (χ4n) is 2.41. The van der Waals surface area contributed by atoms with E-state index in [0.717, 1.165) is 16.3 Å². The normalized spacial score (nSPS) is 11.0. The molecule has 5 nitrogen and oxygen atoms in total. The topological polar surface area (TPSA) is 56.5 Å². The summed E-state index contributed by atoms with van der Waals surface area (Å²) in [7, 11) is 0. The fraction of sp³-hybridized carbons (Fsp3) is 0.111. The van der Waals surface area contributed by atoms with Gasteiger partial charge in [-0.05, 0) is 24.3 Å². The van der Waals surface area contributed by atoms with Gasteiger partial charge in [0.1, 0.15) is 17.4 Å². The van der Waals surface area contributed by atoms with E-state index in [9.17, 15) is 4.39 Å². The SMILES string of the molecule is Cc1ccc(-c2nc(Cn3nnc(-c4cccc(F)c4)n3)cs2)cc1. The lowest BCUT2D eigenvalue weighted by Crippen LogP contribution is -2.04. The van der Waals surface area contributed by atoms with Crippen molar-refractivity contribution in [2.75, 3.05) is 0 Å². The van der Waals surface area contributed by atoms with Gasteiger partial charge in [0, 0.05) is 16.5 Å². The molecule has 0 N–H and O–H groups in total. The van der Waals surface area contributed by atoms with Gasteiger partial charge in [-0.1, -0.05) is 42.0 Å². The van der Waals surface area contributed by atoms with E-state index in [1.165, 1.54) is 22.5 Å². The average molecular weight is 351 g/mol. The lowest BCUT2D eigenvalue weighted by atomic mass is 10.2. The van der Waals surface area contributed by atoms with Crippen LogP contribution < -0.4 is 0 Å². The molecule has 0 aliphatic rings. The minimum absolute atomic E-state index is 0.323. The number of aryl methyl sites for hydroxylation is 1. The second-order valence-electron chi connectivity index (χ2n) is 5.66.